The summed E-state index contributed by atoms with van der Waals surface area (Å²) in [5.74, 6) is 0.590. The molecule has 0 aliphatic heterocycles. The number of rotatable bonds is 4. The first kappa shape index (κ1) is 15.7. The zero-order chi connectivity index (χ0) is 16.2. The maximum Gasteiger partial charge on any atom is 0.265 e. The number of aromatic nitrogens is 1. The molecular formula is C17H14BrN3OS. The quantitative estimate of drug-likeness (QED) is 0.645. The van der Waals surface area contributed by atoms with Crippen LogP contribution in [0.3, 0.4) is 0 Å². The fourth-order valence-corrected chi connectivity index (χ4v) is 3.21. The molecule has 0 atom stereocenters. The van der Waals surface area contributed by atoms with Crippen LogP contribution >= 0.6 is 27.3 Å². The largest absolute Gasteiger partial charge is 0.339 e. The average molecular weight is 388 g/mol. The molecule has 2 heterocycles. The fourth-order valence-electron chi connectivity index (χ4n) is 2.00. The lowest BCUT2D eigenvalue weighted by Crippen LogP contribution is -2.10. The Balaban J connectivity index is 1.68. The second kappa shape index (κ2) is 6.93. The summed E-state index contributed by atoms with van der Waals surface area (Å²) < 4.78 is 0.981. The van der Waals surface area contributed by atoms with E-state index in [-0.39, 0.29) is 5.91 Å². The van der Waals surface area contributed by atoms with Crippen molar-refractivity contribution in [1.82, 2.24) is 4.98 Å². The van der Waals surface area contributed by atoms with Gasteiger partial charge in [-0.15, -0.1) is 11.3 Å². The maximum atomic E-state index is 12.0. The predicted octanol–water partition coefficient (Wildman–Crippen LogP) is 5.21. The van der Waals surface area contributed by atoms with Gasteiger partial charge in [-0.25, -0.2) is 4.98 Å². The van der Waals surface area contributed by atoms with Crippen molar-refractivity contribution in [3.05, 3.63) is 69.0 Å². The minimum absolute atomic E-state index is 0.121. The molecule has 1 amide bonds. The minimum Gasteiger partial charge on any atom is -0.339 e. The molecule has 0 unspecified atom stereocenters. The lowest BCUT2D eigenvalue weighted by molar-refractivity contribution is 0.103. The number of pyridine rings is 1. The number of anilines is 3. The van der Waals surface area contributed by atoms with Gasteiger partial charge in [0.05, 0.1) is 22.4 Å². The summed E-state index contributed by atoms with van der Waals surface area (Å²) in [5.41, 5.74) is 2.79. The van der Waals surface area contributed by atoms with Gasteiger partial charge in [-0.3, -0.25) is 4.79 Å². The van der Waals surface area contributed by atoms with Crippen LogP contribution < -0.4 is 10.6 Å². The minimum atomic E-state index is -0.121. The van der Waals surface area contributed by atoms with Crippen molar-refractivity contribution in [2.45, 2.75) is 6.92 Å². The van der Waals surface area contributed by atoms with E-state index in [4.69, 9.17) is 0 Å². The van der Waals surface area contributed by atoms with Crippen LogP contribution in [0.5, 0.6) is 0 Å². The molecule has 1 aromatic carbocycles. The zero-order valence-corrected chi connectivity index (χ0v) is 14.7. The van der Waals surface area contributed by atoms with Gasteiger partial charge >= 0.3 is 0 Å². The summed E-state index contributed by atoms with van der Waals surface area (Å²) in [6.07, 6.45) is 1.63. The molecule has 2 N–H and O–H groups in total. The molecule has 0 saturated carbocycles. The van der Waals surface area contributed by atoms with E-state index in [0.717, 1.165) is 10.2 Å². The number of aryl methyl sites for hydroxylation is 1. The molecule has 3 aromatic rings. The molecule has 0 fully saturated rings. The molecule has 0 spiro atoms. The summed E-state index contributed by atoms with van der Waals surface area (Å²) in [6.45, 7) is 2.04. The first-order chi connectivity index (χ1) is 11.1. The Morgan fingerprint density at radius 3 is 2.74 bits per heavy atom. The normalized spacial score (nSPS) is 10.3. The summed E-state index contributed by atoms with van der Waals surface area (Å²) in [6, 6.07) is 13.4. The number of halogens is 1. The van der Waals surface area contributed by atoms with Gasteiger partial charge in [-0.1, -0.05) is 12.1 Å². The zero-order valence-electron chi connectivity index (χ0n) is 12.3. The first-order valence-corrected chi connectivity index (χ1v) is 8.63. The Kier molecular flexibility index (Phi) is 4.73. The Morgan fingerprint density at radius 2 is 2.09 bits per heavy atom. The molecule has 0 bridgehead atoms. The third-order valence-electron chi connectivity index (χ3n) is 3.15. The number of benzene rings is 1. The number of thiophene rings is 1. The third kappa shape index (κ3) is 3.97. The summed E-state index contributed by atoms with van der Waals surface area (Å²) in [4.78, 5) is 17.0. The second-order valence-electron chi connectivity index (χ2n) is 4.97. The molecule has 4 nitrogen and oxygen atoms in total. The Bertz CT molecular complexity index is 816. The maximum absolute atomic E-state index is 12.0. The van der Waals surface area contributed by atoms with Gasteiger partial charge in [-0.2, -0.15) is 0 Å². The monoisotopic (exact) mass is 387 g/mol. The van der Waals surface area contributed by atoms with Crippen molar-refractivity contribution in [3.63, 3.8) is 0 Å². The number of carbonyl (C=O) groups excluding carboxylic acids is 1. The number of nitrogens with one attached hydrogen (secondary N) is 2. The average Bonchev–Trinajstić information content (AvgIpc) is 3.06. The van der Waals surface area contributed by atoms with E-state index in [0.29, 0.717) is 16.4 Å². The molecule has 116 valence electrons. The number of hydrogen-bond donors (Lipinski definition) is 2. The van der Waals surface area contributed by atoms with Crippen LogP contribution in [0.25, 0.3) is 0 Å². The second-order valence-corrected chi connectivity index (χ2v) is 6.77. The molecular weight excluding hydrogens is 374 g/mol. The van der Waals surface area contributed by atoms with E-state index in [1.807, 2.05) is 48.7 Å². The van der Waals surface area contributed by atoms with Gasteiger partial charge in [-0.05, 0) is 64.1 Å². The highest BCUT2D eigenvalue weighted by Gasteiger charge is 2.07. The standard InChI is InChI=1S/C17H14BrN3OS/c1-11-4-6-14(13(18)9-11)21-16-7-5-12(10-19-16)20-17(22)15-3-2-8-23-15/h2-10H,1H3,(H,19,21)(H,20,22). The highest BCUT2D eigenvalue weighted by Crippen LogP contribution is 2.26. The van der Waals surface area contributed by atoms with Gasteiger partial charge in [0.1, 0.15) is 5.82 Å². The van der Waals surface area contributed by atoms with Crippen LogP contribution in [-0.2, 0) is 0 Å². The van der Waals surface area contributed by atoms with E-state index in [1.165, 1.54) is 16.9 Å². The highest BCUT2D eigenvalue weighted by atomic mass is 79.9. The Morgan fingerprint density at radius 1 is 1.22 bits per heavy atom. The number of carbonyl (C=O) groups is 1. The van der Waals surface area contributed by atoms with Crippen LogP contribution in [0.1, 0.15) is 15.2 Å². The van der Waals surface area contributed by atoms with Crippen LogP contribution in [-0.4, -0.2) is 10.9 Å². The number of amides is 1. The molecule has 0 aliphatic rings. The van der Waals surface area contributed by atoms with E-state index in [2.05, 4.69) is 31.5 Å². The highest BCUT2D eigenvalue weighted by molar-refractivity contribution is 9.10. The summed E-state index contributed by atoms with van der Waals surface area (Å²) in [5, 5.41) is 7.94. The molecule has 23 heavy (non-hydrogen) atoms. The van der Waals surface area contributed by atoms with Crippen molar-refractivity contribution < 1.29 is 4.79 Å². The molecule has 0 aliphatic carbocycles. The van der Waals surface area contributed by atoms with Gasteiger partial charge in [0.25, 0.3) is 5.91 Å². The van der Waals surface area contributed by atoms with Crippen molar-refractivity contribution >= 4 is 50.4 Å². The van der Waals surface area contributed by atoms with Crippen LogP contribution in [0.4, 0.5) is 17.2 Å². The first-order valence-electron chi connectivity index (χ1n) is 6.96. The van der Waals surface area contributed by atoms with E-state index in [9.17, 15) is 4.79 Å². The van der Waals surface area contributed by atoms with Crippen molar-refractivity contribution in [2.24, 2.45) is 0 Å². The van der Waals surface area contributed by atoms with Gasteiger partial charge in [0.15, 0.2) is 0 Å². The fraction of sp³-hybridized carbons (Fsp3) is 0.0588. The van der Waals surface area contributed by atoms with Gasteiger partial charge in [0, 0.05) is 4.47 Å². The molecule has 6 heteroatoms. The molecule has 0 radical (unpaired) electrons. The Hall–Kier alpha value is -2.18. The van der Waals surface area contributed by atoms with Gasteiger partial charge < -0.3 is 10.6 Å². The van der Waals surface area contributed by atoms with Crippen LogP contribution in [0.2, 0.25) is 0 Å². The topological polar surface area (TPSA) is 54.0 Å². The molecule has 2 aromatic heterocycles. The van der Waals surface area contributed by atoms with Crippen molar-refractivity contribution in [3.8, 4) is 0 Å². The summed E-state index contributed by atoms with van der Waals surface area (Å²) in [7, 11) is 0. The van der Waals surface area contributed by atoms with Crippen molar-refractivity contribution in [2.75, 3.05) is 10.6 Å². The Labute approximate surface area is 146 Å². The summed E-state index contributed by atoms with van der Waals surface area (Å²) >= 11 is 4.94. The number of nitrogens with zero attached hydrogens (tertiary/aromatic N) is 1. The molecule has 3 rings (SSSR count). The van der Waals surface area contributed by atoms with Gasteiger partial charge in [0.2, 0.25) is 0 Å². The SMILES string of the molecule is Cc1ccc(Nc2ccc(NC(=O)c3cccs3)cn2)c(Br)c1. The number of hydrogen-bond acceptors (Lipinski definition) is 4. The third-order valence-corrected chi connectivity index (χ3v) is 4.68. The lowest BCUT2D eigenvalue weighted by atomic mass is 10.2. The lowest BCUT2D eigenvalue weighted by Gasteiger charge is -2.09. The smallest absolute Gasteiger partial charge is 0.265 e. The van der Waals surface area contributed by atoms with Crippen LogP contribution in [0.15, 0.2) is 58.5 Å². The van der Waals surface area contributed by atoms with Crippen molar-refractivity contribution in [1.29, 1.82) is 0 Å². The van der Waals surface area contributed by atoms with E-state index in [1.54, 1.807) is 12.3 Å². The van der Waals surface area contributed by atoms with E-state index < -0.39 is 0 Å². The van der Waals surface area contributed by atoms with E-state index >= 15 is 0 Å². The molecule has 0 saturated heterocycles. The predicted molar refractivity (Wildman–Crippen MR) is 98.7 cm³/mol. The van der Waals surface area contributed by atoms with Crippen LogP contribution in [0, 0.1) is 6.92 Å².